The maximum Gasteiger partial charge on any atom is 0.191 e. The molecule has 3 N–H and O–H groups in total. The van der Waals surface area contributed by atoms with E-state index in [1.807, 2.05) is 32.0 Å². The summed E-state index contributed by atoms with van der Waals surface area (Å²) in [7, 11) is 1.72. The van der Waals surface area contributed by atoms with Gasteiger partial charge in [0.2, 0.25) is 0 Å². The highest BCUT2D eigenvalue weighted by Crippen LogP contribution is 2.36. The summed E-state index contributed by atoms with van der Waals surface area (Å²) in [5.41, 5.74) is 3.29. The van der Waals surface area contributed by atoms with Crippen LogP contribution in [0.2, 0.25) is 0 Å². The molecule has 1 aromatic carbocycles. The summed E-state index contributed by atoms with van der Waals surface area (Å²) in [6.45, 7) is 4.81. The van der Waals surface area contributed by atoms with E-state index in [4.69, 9.17) is 4.52 Å². The van der Waals surface area contributed by atoms with Crippen LogP contribution in [0.25, 0.3) is 0 Å². The molecule has 6 heteroatoms. The van der Waals surface area contributed by atoms with Gasteiger partial charge in [0.05, 0.1) is 12.2 Å². The fraction of sp³-hybridized carbons (Fsp3) is 0.444. The Hall–Kier alpha value is -2.34. The number of aromatic nitrogens is 1. The number of aliphatic hydroxyl groups is 1. The Morgan fingerprint density at radius 2 is 2.12 bits per heavy atom. The average Bonchev–Trinajstić information content (AvgIpc) is 3.09. The summed E-state index contributed by atoms with van der Waals surface area (Å²) in [5, 5.41) is 21.4. The Morgan fingerprint density at radius 1 is 1.33 bits per heavy atom. The summed E-state index contributed by atoms with van der Waals surface area (Å²) in [6.07, 6.45) is 1.62. The largest absolute Gasteiger partial charge is 0.383 e. The third-order valence-corrected chi connectivity index (χ3v) is 4.71. The van der Waals surface area contributed by atoms with Crippen molar-refractivity contribution in [1.82, 2.24) is 15.8 Å². The van der Waals surface area contributed by atoms with Crippen molar-refractivity contribution in [2.24, 2.45) is 4.99 Å². The summed E-state index contributed by atoms with van der Waals surface area (Å²) in [6, 6.07) is 8.07. The fourth-order valence-electron chi connectivity index (χ4n) is 3.23. The molecule has 1 aliphatic carbocycles. The van der Waals surface area contributed by atoms with Gasteiger partial charge in [-0.15, -0.1) is 0 Å². The summed E-state index contributed by atoms with van der Waals surface area (Å²) < 4.78 is 5.17. The molecule has 2 aromatic rings. The van der Waals surface area contributed by atoms with Gasteiger partial charge in [-0.2, -0.15) is 0 Å². The number of benzene rings is 1. The van der Waals surface area contributed by atoms with Crippen molar-refractivity contribution in [2.75, 3.05) is 13.6 Å². The molecule has 1 aliphatic rings. The number of nitrogens with zero attached hydrogens (tertiary/aromatic N) is 2. The Balaban J connectivity index is 1.61. The van der Waals surface area contributed by atoms with Gasteiger partial charge in [-0.25, -0.2) is 0 Å². The van der Waals surface area contributed by atoms with Gasteiger partial charge >= 0.3 is 0 Å². The lowest BCUT2D eigenvalue weighted by atomic mass is 9.96. The standard InChI is InChI=1S/C18H24N4O2/c1-12-15(13(2)24-22-12)10-20-17(19-3)21-11-18(23)9-8-14-6-4-5-7-16(14)18/h4-7,23H,8-11H2,1-3H3,(H2,19,20,21). The minimum atomic E-state index is -0.850. The van der Waals surface area contributed by atoms with Gasteiger partial charge < -0.3 is 20.3 Å². The number of hydrogen-bond donors (Lipinski definition) is 3. The van der Waals surface area contributed by atoms with Crippen molar-refractivity contribution in [3.8, 4) is 0 Å². The average molecular weight is 328 g/mol. The number of rotatable bonds is 4. The summed E-state index contributed by atoms with van der Waals surface area (Å²) in [5.74, 6) is 1.45. The number of guanidine groups is 1. The number of fused-ring (bicyclic) bond motifs is 1. The highest BCUT2D eigenvalue weighted by molar-refractivity contribution is 5.79. The maximum absolute atomic E-state index is 11.0. The quantitative estimate of drug-likeness (QED) is 0.589. The maximum atomic E-state index is 11.0. The zero-order chi connectivity index (χ0) is 17.2. The van der Waals surface area contributed by atoms with Crippen LogP contribution in [0, 0.1) is 13.8 Å². The Morgan fingerprint density at radius 3 is 2.83 bits per heavy atom. The van der Waals surface area contributed by atoms with Crippen LogP contribution in [0.15, 0.2) is 33.8 Å². The van der Waals surface area contributed by atoms with Crippen molar-refractivity contribution in [3.63, 3.8) is 0 Å². The van der Waals surface area contributed by atoms with Gasteiger partial charge in [0.15, 0.2) is 5.96 Å². The van der Waals surface area contributed by atoms with Crippen molar-refractivity contribution < 1.29 is 9.63 Å². The topological polar surface area (TPSA) is 82.7 Å². The molecule has 6 nitrogen and oxygen atoms in total. The minimum Gasteiger partial charge on any atom is -0.383 e. The molecular weight excluding hydrogens is 304 g/mol. The van der Waals surface area contributed by atoms with E-state index in [1.165, 1.54) is 5.56 Å². The van der Waals surface area contributed by atoms with Gasteiger partial charge in [0, 0.05) is 19.2 Å². The molecule has 0 spiro atoms. The van der Waals surface area contributed by atoms with E-state index < -0.39 is 5.60 Å². The van der Waals surface area contributed by atoms with Crippen LogP contribution in [-0.4, -0.2) is 29.8 Å². The fourth-order valence-corrected chi connectivity index (χ4v) is 3.23. The van der Waals surface area contributed by atoms with E-state index in [9.17, 15) is 5.11 Å². The second kappa shape index (κ2) is 6.65. The minimum absolute atomic E-state index is 0.422. The number of aryl methyl sites for hydroxylation is 3. The zero-order valence-electron chi connectivity index (χ0n) is 14.4. The van der Waals surface area contributed by atoms with Gasteiger partial charge in [-0.1, -0.05) is 29.4 Å². The van der Waals surface area contributed by atoms with E-state index in [1.54, 1.807) is 7.05 Å². The lowest BCUT2D eigenvalue weighted by Gasteiger charge is -2.25. The van der Waals surface area contributed by atoms with Crippen molar-refractivity contribution >= 4 is 5.96 Å². The van der Waals surface area contributed by atoms with Gasteiger partial charge in [0.1, 0.15) is 11.4 Å². The molecule has 0 saturated heterocycles. The molecule has 0 saturated carbocycles. The smallest absolute Gasteiger partial charge is 0.191 e. The van der Waals surface area contributed by atoms with Gasteiger partial charge in [-0.05, 0) is 37.8 Å². The Labute approximate surface area is 142 Å². The third-order valence-electron chi connectivity index (χ3n) is 4.71. The van der Waals surface area contributed by atoms with Crippen molar-refractivity contribution in [2.45, 2.75) is 38.8 Å². The molecule has 0 radical (unpaired) electrons. The van der Waals surface area contributed by atoms with Crippen molar-refractivity contribution in [3.05, 3.63) is 52.4 Å². The van der Waals surface area contributed by atoms with E-state index in [2.05, 4.69) is 26.8 Å². The van der Waals surface area contributed by atoms with Crippen molar-refractivity contribution in [1.29, 1.82) is 0 Å². The van der Waals surface area contributed by atoms with Crippen LogP contribution >= 0.6 is 0 Å². The highest BCUT2D eigenvalue weighted by atomic mass is 16.5. The highest BCUT2D eigenvalue weighted by Gasteiger charge is 2.36. The van der Waals surface area contributed by atoms with E-state index in [-0.39, 0.29) is 0 Å². The molecule has 0 amide bonds. The number of aliphatic imine (C=N–C) groups is 1. The molecule has 1 heterocycles. The monoisotopic (exact) mass is 328 g/mol. The molecule has 24 heavy (non-hydrogen) atoms. The molecule has 128 valence electrons. The van der Waals surface area contributed by atoms with Gasteiger partial charge in [-0.3, -0.25) is 4.99 Å². The Kier molecular flexibility index (Phi) is 4.57. The molecule has 1 aromatic heterocycles. The summed E-state index contributed by atoms with van der Waals surface area (Å²) in [4.78, 5) is 4.23. The van der Waals surface area contributed by atoms with Crippen LogP contribution in [-0.2, 0) is 18.6 Å². The van der Waals surface area contributed by atoms with E-state index >= 15 is 0 Å². The summed E-state index contributed by atoms with van der Waals surface area (Å²) >= 11 is 0. The van der Waals surface area contributed by atoms with Crippen LogP contribution in [0.5, 0.6) is 0 Å². The number of nitrogens with one attached hydrogen (secondary N) is 2. The number of hydrogen-bond acceptors (Lipinski definition) is 4. The lowest BCUT2D eigenvalue weighted by molar-refractivity contribution is 0.0432. The first-order chi connectivity index (χ1) is 11.5. The molecule has 0 bridgehead atoms. The molecule has 1 unspecified atom stereocenters. The molecule has 1 atom stereocenters. The van der Waals surface area contributed by atoms with Crippen LogP contribution in [0.3, 0.4) is 0 Å². The molecule has 3 rings (SSSR count). The van der Waals surface area contributed by atoms with Gasteiger partial charge in [0.25, 0.3) is 0 Å². The van der Waals surface area contributed by atoms with E-state index in [0.717, 1.165) is 35.4 Å². The first kappa shape index (κ1) is 16.5. The van der Waals surface area contributed by atoms with Crippen LogP contribution in [0.4, 0.5) is 0 Å². The molecule has 0 fully saturated rings. The normalized spacial score (nSPS) is 20.1. The second-order valence-electron chi connectivity index (χ2n) is 6.27. The third kappa shape index (κ3) is 3.14. The van der Waals surface area contributed by atoms with Crippen LogP contribution in [0.1, 0.15) is 34.6 Å². The first-order valence-electron chi connectivity index (χ1n) is 8.20. The molecule has 0 aliphatic heterocycles. The SMILES string of the molecule is CN=C(NCc1c(C)noc1C)NCC1(O)CCc2ccccc21. The Bertz CT molecular complexity index is 734. The predicted octanol–water partition coefficient (Wildman–Crippen LogP) is 1.79. The molecular formula is C18H24N4O2. The zero-order valence-corrected chi connectivity index (χ0v) is 14.4. The van der Waals surface area contributed by atoms with E-state index in [0.29, 0.717) is 19.0 Å². The second-order valence-corrected chi connectivity index (χ2v) is 6.27. The van der Waals surface area contributed by atoms with Crippen LogP contribution < -0.4 is 10.6 Å². The lowest BCUT2D eigenvalue weighted by Crippen LogP contribution is -2.44. The predicted molar refractivity (Wildman–Crippen MR) is 92.8 cm³/mol. The first-order valence-corrected chi connectivity index (χ1v) is 8.20.